The van der Waals surface area contributed by atoms with Crippen molar-refractivity contribution < 1.29 is 13.2 Å². The van der Waals surface area contributed by atoms with Crippen LogP contribution in [0.15, 0.2) is 83.8 Å². The number of carbonyl (C=O) groups is 1. The van der Waals surface area contributed by atoms with Crippen molar-refractivity contribution in [3.05, 3.63) is 95.8 Å². The lowest BCUT2D eigenvalue weighted by Crippen LogP contribution is -2.30. The zero-order valence-electron chi connectivity index (χ0n) is 17.3. The molecule has 0 saturated carbocycles. The number of hydrogen-bond donors (Lipinski definition) is 1. The molecule has 1 unspecified atom stereocenters. The zero-order chi connectivity index (χ0) is 22.0. The van der Waals surface area contributed by atoms with E-state index in [4.69, 9.17) is 4.98 Å². The second-order valence-corrected chi connectivity index (χ2v) is 9.53. The minimum atomic E-state index is -3.31. The number of amides is 1. The van der Waals surface area contributed by atoms with Crippen LogP contribution >= 0.6 is 0 Å². The van der Waals surface area contributed by atoms with Gasteiger partial charge in [0.25, 0.3) is 5.91 Å². The van der Waals surface area contributed by atoms with E-state index in [1.807, 2.05) is 66.2 Å². The highest BCUT2D eigenvalue weighted by Crippen LogP contribution is 2.22. The monoisotopic (exact) mass is 433 g/mol. The minimum absolute atomic E-state index is 0.184. The van der Waals surface area contributed by atoms with Crippen molar-refractivity contribution >= 4 is 26.8 Å². The lowest BCUT2D eigenvalue weighted by Gasteiger charge is -2.19. The molecule has 0 aliphatic rings. The van der Waals surface area contributed by atoms with E-state index in [2.05, 4.69) is 5.32 Å². The zero-order valence-corrected chi connectivity index (χ0v) is 18.1. The number of imidazole rings is 1. The number of sulfone groups is 1. The van der Waals surface area contributed by atoms with Crippen molar-refractivity contribution in [1.82, 2.24) is 14.9 Å². The predicted octanol–water partition coefficient (Wildman–Crippen LogP) is 3.69. The Hall–Kier alpha value is -3.45. The standard InChI is InChI=1S/C24H23N3O3S/c1-27-22-11-7-6-10-20(22)25-23(27)16-21(17-8-4-3-5-9-17)26-24(28)18-12-14-19(15-13-18)31(2,29)30/h3-15,21H,16H2,1-2H3,(H,26,28). The van der Waals surface area contributed by atoms with Crippen molar-refractivity contribution in [2.75, 3.05) is 6.26 Å². The largest absolute Gasteiger partial charge is 0.345 e. The van der Waals surface area contributed by atoms with Crippen molar-refractivity contribution in [2.24, 2.45) is 7.05 Å². The molecule has 1 aromatic heterocycles. The van der Waals surface area contributed by atoms with Crippen molar-refractivity contribution in [3.63, 3.8) is 0 Å². The van der Waals surface area contributed by atoms with Gasteiger partial charge in [-0.15, -0.1) is 0 Å². The van der Waals surface area contributed by atoms with Gasteiger partial charge in [-0.25, -0.2) is 13.4 Å². The van der Waals surface area contributed by atoms with Gasteiger partial charge in [0.1, 0.15) is 5.82 Å². The van der Waals surface area contributed by atoms with Crippen LogP contribution in [0.1, 0.15) is 27.8 Å². The summed E-state index contributed by atoms with van der Waals surface area (Å²) in [5.41, 5.74) is 3.32. The molecule has 158 valence electrons. The first-order valence-corrected chi connectivity index (χ1v) is 11.8. The summed E-state index contributed by atoms with van der Waals surface area (Å²) in [5.74, 6) is 0.593. The van der Waals surface area contributed by atoms with Gasteiger partial charge in [-0.1, -0.05) is 42.5 Å². The van der Waals surface area contributed by atoms with Crippen LogP contribution < -0.4 is 5.32 Å². The fraction of sp³-hybridized carbons (Fsp3) is 0.167. The maximum absolute atomic E-state index is 12.9. The molecule has 0 fully saturated rings. The topological polar surface area (TPSA) is 81.1 Å². The van der Waals surface area contributed by atoms with E-state index in [-0.39, 0.29) is 16.8 Å². The maximum Gasteiger partial charge on any atom is 0.251 e. The maximum atomic E-state index is 12.9. The molecule has 7 heteroatoms. The molecule has 31 heavy (non-hydrogen) atoms. The van der Waals surface area contributed by atoms with E-state index in [1.54, 1.807) is 0 Å². The minimum Gasteiger partial charge on any atom is -0.345 e. The number of carbonyl (C=O) groups excluding carboxylic acids is 1. The summed E-state index contributed by atoms with van der Waals surface area (Å²) in [5, 5.41) is 3.09. The molecule has 6 nitrogen and oxygen atoms in total. The van der Waals surface area contributed by atoms with Gasteiger partial charge in [-0.05, 0) is 42.0 Å². The van der Waals surface area contributed by atoms with E-state index in [1.165, 1.54) is 24.3 Å². The Morgan fingerprint density at radius 2 is 1.61 bits per heavy atom. The smallest absolute Gasteiger partial charge is 0.251 e. The van der Waals surface area contributed by atoms with Gasteiger partial charge in [-0.2, -0.15) is 0 Å². The fourth-order valence-electron chi connectivity index (χ4n) is 3.59. The summed E-state index contributed by atoms with van der Waals surface area (Å²) < 4.78 is 25.4. The van der Waals surface area contributed by atoms with Gasteiger partial charge in [0.15, 0.2) is 9.84 Å². The van der Waals surface area contributed by atoms with E-state index < -0.39 is 9.84 Å². The summed E-state index contributed by atoms with van der Waals surface area (Å²) in [6.07, 6.45) is 1.66. The fourth-order valence-corrected chi connectivity index (χ4v) is 4.22. The van der Waals surface area contributed by atoms with Crippen LogP contribution in [0.2, 0.25) is 0 Å². The van der Waals surface area contributed by atoms with Crippen LogP contribution in [0.4, 0.5) is 0 Å². The molecule has 1 atom stereocenters. The Balaban J connectivity index is 1.62. The Kier molecular flexibility index (Phi) is 5.61. The van der Waals surface area contributed by atoms with Gasteiger partial charge in [-0.3, -0.25) is 4.79 Å². The van der Waals surface area contributed by atoms with E-state index in [0.29, 0.717) is 12.0 Å². The Morgan fingerprint density at radius 1 is 0.968 bits per heavy atom. The van der Waals surface area contributed by atoms with Gasteiger partial charge in [0.05, 0.1) is 22.0 Å². The Morgan fingerprint density at radius 3 is 2.26 bits per heavy atom. The molecule has 1 amide bonds. The normalized spacial score (nSPS) is 12.6. The average Bonchev–Trinajstić information content (AvgIpc) is 3.09. The molecular formula is C24H23N3O3S. The average molecular weight is 434 g/mol. The first kappa shape index (κ1) is 20.8. The molecule has 0 bridgehead atoms. The second-order valence-electron chi connectivity index (χ2n) is 7.51. The van der Waals surface area contributed by atoms with Crippen molar-refractivity contribution in [2.45, 2.75) is 17.4 Å². The summed E-state index contributed by atoms with van der Waals surface area (Å²) in [6, 6.07) is 23.3. The molecule has 1 heterocycles. The number of para-hydroxylation sites is 2. The summed E-state index contributed by atoms with van der Waals surface area (Å²) in [6.45, 7) is 0. The second kappa shape index (κ2) is 8.35. The lowest BCUT2D eigenvalue weighted by atomic mass is 10.0. The summed E-state index contributed by atoms with van der Waals surface area (Å²) in [7, 11) is -1.34. The third-order valence-electron chi connectivity index (χ3n) is 5.32. The number of rotatable bonds is 6. The predicted molar refractivity (Wildman–Crippen MR) is 121 cm³/mol. The number of nitrogens with one attached hydrogen (secondary N) is 1. The first-order chi connectivity index (χ1) is 14.8. The van der Waals surface area contributed by atoms with Crippen LogP contribution in [-0.4, -0.2) is 30.1 Å². The number of fused-ring (bicyclic) bond motifs is 1. The molecular weight excluding hydrogens is 410 g/mol. The van der Waals surface area contributed by atoms with Crippen LogP contribution in [-0.2, 0) is 23.3 Å². The first-order valence-electron chi connectivity index (χ1n) is 9.89. The molecule has 3 aromatic carbocycles. The Bertz CT molecular complexity index is 1330. The number of hydrogen-bond acceptors (Lipinski definition) is 4. The third kappa shape index (κ3) is 4.51. The highest BCUT2D eigenvalue weighted by atomic mass is 32.2. The van der Waals surface area contributed by atoms with Crippen LogP contribution in [0.5, 0.6) is 0 Å². The van der Waals surface area contributed by atoms with E-state index in [0.717, 1.165) is 28.7 Å². The molecule has 1 N–H and O–H groups in total. The number of nitrogens with zero attached hydrogens (tertiary/aromatic N) is 2. The van der Waals surface area contributed by atoms with Crippen molar-refractivity contribution in [1.29, 1.82) is 0 Å². The van der Waals surface area contributed by atoms with Gasteiger partial charge < -0.3 is 9.88 Å². The highest BCUT2D eigenvalue weighted by molar-refractivity contribution is 7.90. The SMILES string of the molecule is Cn1c(CC(NC(=O)c2ccc(S(C)(=O)=O)cc2)c2ccccc2)nc2ccccc21. The van der Waals surface area contributed by atoms with Crippen molar-refractivity contribution in [3.8, 4) is 0 Å². The van der Waals surface area contributed by atoms with Crippen LogP contribution in [0, 0.1) is 0 Å². The summed E-state index contributed by atoms with van der Waals surface area (Å²) >= 11 is 0. The highest BCUT2D eigenvalue weighted by Gasteiger charge is 2.20. The van der Waals surface area contributed by atoms with Gasteiger partial charge >= 0.3 is 0 Å². The van der Waals surface area contributed by atoms with Gasteiger partial charge in [0.2, 0.25) is 0 Å². The third-order valence-corrected chi connectivity index (χ3v) is 6.45. The number of aromatic nitrogens is 2. The Labute approximate surface area is 181 Å². The van der Waals surface area contributed by atoms with E-state index >= 15 is 0 Å². The quantitative estimate of drug-likeness (QED) is 0.503. The van der Waals surface area contributed by atoms with E-state index in [9.17, 15) is 13.2 Å². The molecule has 0 aliphatic carbocycles. The number of benzene rings is 3. The lowest BCUT2D eigenvalue weighted by molar-refractivity contribution is 0.0936. The molecule has 0 aliphatic heterocycles. The van der Waals surface area contributed by atoms with Crippen LogP contribution in [0.3, 0.4) is 0 Å². The molecule has 4 aromatic rings. The number of aryl methyl sites for hydroxylation is 1. The van der Waals surface area contributed by atoms with Gasteiger partial charge in [0, 0.05) is 25.3 Å². The molecule has 4 rings (SSSR count). The molecule has 0 radical (unpaired) electrons. The van der Waals surface area contributed by atoms with Crippen LogP contribution in [0.25, 0.3) is 11.0 Å². The summed E-state index contributed by atoms with van der Waals surface area (Å²) in [4.78, 5) is 17.9. The molecule has 0 spiro atoms. The molecule has 0 saturated heterocycles.